The first-order chi connectivity index (χ1) is 7.63. The number of nitrogens with zero attached hydrogens (tertiary/aromatic N) is 3. The second-order valence-electron chi connectivity index (χ2n) is 3.48. The number of nitrogens with two attached hydrogens (primary N) is 1. The summed E-state index contributed by atoms with van der Waals surface area (Å²) in [6, 6.07) is 3.35. The highest BCUT2D eigenvalue weighted by atomic mass is 35.5. The molecule has 0 aromatic carbocycles. The molecule has 2 rings (SSSR count). The third-order valence-electron chi connectivity index (χ3n) is 2.05. The first kappa shape index (κ1) is 10.8. The van der Waals surface area contributed by atoms with E-state index >= 15 is 0 Å². The summed E-state index contributed by atoms with van der Waals surface area (Å²) < 4.78 is 1.75. The predicted molar refractivity (Wildman–Crippen MR) is 64.2 cm³/mol. The SMILES string of the molecule is Cn1cc(CNc2cc(N)cc(Cl)n2)cn1. The van der Waals surface area contributed by atoms with E-state index in [0.717, 1.165) is 5.56 Å². The van der Waals surface area contributed by atoms with E-state index in [-0.39, 0.29) is 0 Å². The number of pyridine rings is 1. The summed E-state index contributed by atoms with van der Waals surface area (Å²) in [7, 11) is 1.87. The van der Waals surface area contributed by atoms with Crippen LogP contribution in [0.15, 0.2) is 24.5 Å². The largest absolute Gasteiger partial charge is 0.399 e. The summed E-state index contributed by atoms with van der Waals surface area (Å²) in [5.41, 5.74) is 7.32. The Bertz CT molecular complexity index is 473. The molecule has 0 spiro atoms. The van der Waals surface area contributed by atoms with Gasteiger partial charge >= 0.3 is 0 Å². The smallest absolute Gasteiger partial charge is 0.133 e. The molecule has 3 N–H and O–H groups in total. The number of nitrogen functional groups attached to an aromatic ring is 1. The fraction of sp³-hybridized carbons (Fsp3) is 0.200. The van der Waals surface area contributed by atoms with Crippen LogP contribution in [0.5, 0.6) is 0 Å². The average molecular weight is 238 g/mol. The molecule has 16 heavy (non-hydrogen) atoms. The zero-order chi connectivity index (χ0) is 11.5. The Kier molecular flexibility index (Phi) is 2.96. The molecule has 0 aliphatic rings. The van der Waals surface area contributed by atoms with Crippen LogP contribution >= 0.6 is 11.6 Å². The molecule has 0 unspecified atom stereocenters. The molecule has 0 saturated heterocycles. The standard InChI is InChI=1S/C10H12ClN5/c1-16-6-7(5-14-16)4-13-10-3-8(12)2-9(11)15-10/h2-3,5-6H,4H2,1H3,(H3,12,13,15). The van der Waals surface area contributed by atoms with Crippen LogP contribution in [0.3, 0.4) is 0 Å². The number of hydrogen-bond acceptors (Lipinski definition) is 4. The molecule has 0 amide bonds. The Balaban J connectivity index is 2.04. The second kappa shape index (κ2) is 4.40. The molecule has 0 saturated carbocycles. The first-order valence-corrected chi connectivity index (χ1v) is 5.16. The number of hydrogen-bond donors (Lipinski definition) is 2. The molecule has 6 heteroatoms. The monoisotopic (exact) mass is 237 g/mol. The normalized spacial score (nSPS) is 10.4. The topological polar surface area (TPSA) is 68.8 Å². The van der Waals surface area contributed by atoms with E-state index in [4.69, 9.17) is 17.3 Å². The molecule has 2 heterocycles. The summed E-state index contributed by atoms with van der Waals surface area (Å²) in [4.78, 5) is 4.10. The highest BCUT2D eigenvalue weighted by molar-refractivity contribution is 6.29. The molecule has 5 nitrogen and oxygen atoms in total. The Morgan fingerprint density at radius 3 is 2.94 bits per heavy atom. The minimum absolute atomic E-state index is 0.383. The van der Waals surface area contributed by atoms with Gasteiger partial charge in [-0.15, -0.1) is 0 Å². The van der Waals surface area contributed by atoms with Crippen LogP contribution in [0.25, 0.3) is 0 Å². The third kappa shape index (κ3) is 2.64. The number of aromatic nitrogens is 3. The summed E-state index contributed by atoms with van der Waals surface area (Å²) in [5, 5.41) is 7.58. The van der Waals surface area contributed by atoms with Gasteiger partial charge in [-0.3, -0.25) is 4.68 Å². The van der Waals surface area contributed by atoms with Crippen LogP contribution in [0.4, 0.5) is 11.5 Å². The zero-order valence-corrected chi connectivity index (χ0v) is 9.57. The van der Waals surface area contributed by atoms with Crippen molar-refractivity contribution in [3.63, 3.8) is 0 Å². The second-order valence-corrected chi connectivity index (χ2v) is 3.87. The zero-order valence-electron chi connectivity index (χ0n) is 8.81. The molecule has 0 bridgehead atoms. The highest BCUT2D eigenvalue weighted by Gasteiger charge is 2.00. The van der Waals surface area contributed by atoms with Gasteiger partial charge in [-0.05, 0) is 6.07 Å². The van der Waals surface area contributed by atoms with E-state index in [1.807, 2.05) is 13.2 Å². The number of anilines is 2. The van der Waals surface area contributed by atoms with Crippen LogP contribution in [0.1, 0.15) is 5.56 Å². The van der Waals surface area contributed by atoms with Gasteiger partial charge in [-0.1, -0.05) is 11.6 Å². The van der Waals surface area contributed by atoms with E-state index in [0.29, 0.717) is 23.2 Å². The van der Waals surface area contributed by atoms with Crippen LogP contribution in [0, 0.1) is 0 Å². The van der Waals surface area contributed by atoms with Gasteiger partial charge in [0.15, 0.2) is 0 Å². The average Bonchev–Trinajstić information content (AvgIpc) is 2.60. The molecular weight excluding hydrogens is 226 g/mol. The Morgan fingerprint density at radius 1 is 1.50 bits per heavy atom. The Morgan fingerprint density at radius 2 is 2.31 bits per heavy atom. The van der Waals surface area contributed by atoms with Gasteiger partial charge in [0.25, 0.3) is 0 Å². The molecule has 0 atom stereocenters. The third-order valence-corrected chi connectivity index (χ3v) is 2.24. The van der Waals surface area contributed by atoms with E-state index in [1.165, 1.54) is 0 Å². The molecule has 0 aliphatic heterocycles. The summed E-state index contributed by atoms with van der Waals surface area (Å²) >= 11 is 5.79. The van der Waals surface area contributed by atoms with Crippen molar-refractivity contribution in [3.05, 3.63) is 35.2 Å². The molecule has 0 fully saturated rings. The summed E-state index contributed by atoms with van der Waals surface area (Å²) in [6.07, 6.45) is 3.72. The number of halogens is 1. The van der Waals surface area contributed by atoms with Crippen molar-refractivity contribution in [3.8, 4) is 0 Å². The van der Waals surface area contributed by atoms with Gasteiger partial charge in [0.1, 0.15) is 11.0 Å². The lowest BCUT2D eigenvalue weighted by Gasteiger charge is -2.05. The maximum absolute atomic E-state index is 5.79. The van der Waals surface area contributed by atoms with Gasteiger partial charge in [0.2, 0.25) is 0 Å². The highest BCUT2D eigenvalue weighted by Crippen LogP contribution is 2.16. The van der Waals surface area contributed by atoms with Crippen molar-refractivity contribution in [2.75, 3.05) is 11.1 Å². The predicted octanol–water partition coefficient (Wildman–Crippen LogP) is 1.66. The molecule has 0 aliphatic carbocycles. The Labute approximate surface area is 98.2 Å². The van der Waals surface area contributed by atoms with Gasteiger partial charge < -0.3 is 11.1 Å². The number of aryl methyl sites for hydroxylation is 1. The van der Waals surface area contributed by atoms with Crippen molar-refractivity contribution in [1.29, 1.82) is 0 Å². The summed E-state index contributed by atoms with van der Waals surface area (Å²) in [5.74, 6) is 0.661. The molecular formula is C10H12ClN5. The quantitative estimate of drug-likeness (QED) is 0.797. The van der Waals surface area contributed by atoms with E-state index in [2.05, 4.69) is 15.4 Å². The van der Waals surface area contributed by atoms with Crippen LogP contribution in [-0.2, 0) is 13.6 Å². The molecule has 2 aromatic heterocycles. The fourth-order valence-electron chi connectivity index (χ4n) is 1.36. The lowest BCUT2D eigenvalue weighted by molar-refractivity contribution is 0.767. The minimum Gasteiger partial charge on any atom is -0.399 e. The van der Waals surface area contributed by atoms with Gasteiger partial charge in [0.05, 0.1) is 6.20 Å². The van der Waals surface area contributed by atoms with Gasteiger partial charge in [-0.25, -0.2) is 4.98 Å². The van der Waals surface area contributed by atoms with Gasteiger partial charge in [0, 0.05) is 37.1 Å². The van der Waals surface area contributed by atoms with E-state index in [1.54, 1.807) is 23.0 Å². The first-order valence-electron chi connectivity index (χ1n) is 4.78. The lowest BCUT2D eigenvalue weighted by Crippen LogP contribution is -2.01. The van der Waals surface area contributed by atoms with Gasteiger partial charge in [-0.2, -0.15) is 5.10 Å². The van der Waals surface area contributed by atoms with Crippen molar-refractivity contribution in [2.24, 2.45) is 7.05 Å². The van der Waals surface area contributed by atoms with Crippen LogP contribution in [0.2, 0.25) is 5.15 Å². The van der Waals surface area contributed by atoms with Crippen molar-refractivity contribution < 1.29 is 0 Å². The van der Waals surface area contributed by atoms with E-state index < -0.39 is 0 Å². The Hall–Kier alpha value is -1.75. The maximum atomic E-state index is 5.79. The molecule has 84 valence electrons. The molecule has 2 aromatic rings. The maximum Gasteiger partial charge on any atom is 0.133 e. The summed E-state index contributed by atoms with van der Waals surface area (Å²) in [6.45, 7) is 0.640. The van der Waals surface area contributed by atoms with E-state index in [9.17, 15) is 0 Å². The molecule has 0 radical (unpaired) electrons. The van der Waals surface area contributed by atoms with Crippen LogP contribution < -0.4 is 11.1 Å². The lowest BCUT2D eigenvalue weighted by atomic mass is 10.3. The van der Waals surface area contributed by atoms with Crippen molar-refractivity contribution in [1.82, 2.24) is 14.8 Å². The van der Waals surface area contributed by atoms with Crippen LogP contribution in [-0.4, -0.2) is 14.8 Å². The fourth-order valence-corrected chi connectivity index (χ4v) is 1.58. The minimum atomic E-state index is 0.383. The van der Waals surface area contributed by atoms with Crippen molar-refractivity contribution >= 4 is 23.1 Å². The van der Waals surface area contributed by atoms with Crippen molar-refractivity contribution in [2.45, 2.75) is 6.54 Å². The number of nitrogens with one attached hydrogen (secondary N) is 1. The number of rotatable bonds is 3.